The topological polar surface area (TPSA) is 62.2 Å². The maximum Gasteiger partial charge on any atom is 0.337 e. The van der Waals surface area contributed by atoms with E-state index in [1.54, 1.807) is 0 Å². The Balaban J connectivity index is 2.11. The van der Waals surface area contributed by atoms with Crippen molar-refractivity contribution in [2.75, 3.05) is 5.32 Å². The number of pyridine rings is 1. The largest absolute Gasteiger partial charge is 0.478 e. The van der Waals surface area contributed by atoms with E-state index in [4.69, 9.17) is 16.7 Å². The van der Waals surface area contributed by atoms with Crippen molar-refractivity contribution < 1.29 is 9.90 Å². The number of carbonyl (C=O) groups is 1. The fourth-order valence-corrected chi connectivity index (χ4v) is 2.90. The Hall–Kier alpha value is -1.29. The number of carboxylic acids is 1. The van der Waals surface area contributed by atoms with Crippen molar-refractivity contribution in [1.29, 1.82) is 0 Å². The van der Waals surface area contributed by atoms with Gasteiger partial charge in [-0.15, -0.1) is 0 Å². The molecule has 0 radical (unpaired) electrons. The van der Waals surface area contributed by atoms with Crippen molar-refractivity contribution in [2.24, 2.45) is 5.41 Å². The second-order valence-electron chi connectivity index (χ2n) is 5.96. The first-order valence-corrected chi connectivity index (χ1v) is 6.90. The molecule has 2 rings (SSSR count). The molecule has 1 unspecified atom stereocenters. The maximum absolute atomic E-state index is 11.0. The molecule has 1 heterocycles. The second-order valence-corrected chi connectivity index (χ2v) is 6.36. The Bertz CT molecular complexity index is 488. The minimum absolute atomic E-state index is 0.0919. The van der Waals surface area contributed by atoms with Gasteiger partial charge in [0.25, 0.3) is 0 Å². The summed E-state index contributed by atoms with van der Waals surface area (Å²) in [6.07, 6.45) is 5.97. The van der Waals surface area contributed by atoms with Gasteiger partial charge in [-0.25, -0.2) is 9.78 Å². The summed E-state index contributed by atoms with van der Waals surface area (Å²) < 4.78 is 0. The summed E-state index contributed by atoms with van der Waals surface area (Å²) in [7, 11) is 0. The van der Waals surface area contributed by atoms with E-state index in [0.29, 0.717) is 17.3 Å². The van der Waals surface area contributed by atoms with E-state index in [-0.39, 0.29) is 10.6 Å². The van der Waals surface area contributed by atoms with Crippen LogP contribution >= 0.6 is 11.6 Å². The van der Waals surface area contributed by atoms with Crippen molar-refractivity contribution in [3.05, 3.63) is 22.8 Å². The van der Waals surface area contributed by atoms with E-state index in [1.165, 1.54) is 25.1 Å². The molecule has 104 valence electrons. The van der Waals surface area contributed by atoms with Crippen molar-refractivity contribution in [1.82, 2.24) is 4.98 Å². The first kappa shape index (κ1) is 14.1. The van der Waals surface area contributed by atoms with E-state index in [9.17, 15) is 4.79 Å². The molecule has 2 N–H and O–H groups in total. The molecule has 1 aromatic heterocycles. The monoisotopic (exact) mass is 282 g/mol. The van der Waals surface area contributed by atoms with E-state index < -0.39 is 5.97 Å². The molecule has 5 heteroatoms. The van der Waals surface area contributed by atoms with Crippen LogP contribution in [0.4, 0.5) is 5.82 Å². The number of nitrogens with one attached hydrogen (secondary N) is 1. The lowest BCUT2D eigenvalue weighted by Gasteiger charge is -2.35. The predicted octanol–water partition coefficient (Wildman–Crippen LogP) is 3.81. The van der Waals surface area contributed by atoms with Gasteiger partial charge in [-0.2, -0.15) is 0 Å². The number of rotatable bonds is 3. The predicted molar refractivity (Wildman–Crippen MR) is 75.9 cm³/mol. The van der Waals surface area contributed by atoms with Crippen LogP contribution in [0.2, 0.25) is 5.02 Å². The third-order valence-electron chi connectivity index (χ3n) is 3.64. The molecule has 0 amide bonds. The third-order valence-corrected chi connectivity index (χ3v) is 3.94. The molecular weight excluding hydrogens is 264 g/mol. The summed E-state index contributed by atoms with van der Waals surface area (Å²) in [6.45, 7) is 4.53. The summed E-state index contributed by atoms with van der Waals surface area (Å²) in [5.74, 6) is -0.441. The Morgan fingerprint density at radius 2 is 2.32 bits per heavy atom. The van der Waals surface area contributed by atoms with Gasteiger partial charge in [-0.1, -0.05) is 31.9 Å². The van der Waals surface area contributed by atoms with E-state index >= 15 is 0 Å². The average molecular weight is 283 g/mol. The maximum atomic E-state index is 11.0. The molecule has 1 aliphatic carbocycles. The Morgan fingerprint density at radius 1 is 1.58 bits per heavy atom. The van der Waals surface area contributed by atoms with Crippen LogP contribution in [0.1, 0.15) is 49.9 Å². The summed E-state index contributed by atoms with van der Waals surface area (Å²) >= 11 is 5.81. The molecule has 0 aliphatic heterocycles. The lowest BCUT2D eigenvalue weighted by atomic mass is 9.75. The Morgan fingerprint density at radius 3 is 2.95 bits per heavy atom. The van der Waals surface area contributed by atoms with Gasteiger partial charge in [0.1, 0.15) is 5.82 Å². The van der Waals surface area contributed by atoms with E-state index in [0.717, 1.165) is 12.8 Å². The van der Waals surface area contributed by atoms with Crippen molar-refractivity contribution in [3.8, 4) is 0 Å². The van der Waals surface area contributed by atoms with Crippen LogP contribution in [-0.2, 0) is 0 Å². The molecule has 19 heavy (non-hydrogen) atoms. The molecule has 0 spiro atoms. The van der Waals surface area contributed by atoms with E-state index in [1.807, 2.05) is 0 Å². The average Bonchev–Trinajstić information content (AvgIpc) is 2.30. The summed E-state index contributed by atoms with van der Waals surface area (Å²) in [6, 6.07) is 1.85. The van der Waals surface area contributed by atoms with Gasteiger partial charge >= 0.3 is 5.97 Å². The molecule has 1 saturated carbocycles. The van der Waals surface area contributed by atoms with Crippen LogP contribution in [-0.4, -0.2) is 22.1 Å². The Labute approximate surface area is 118 Å². The number of nitrogens with zero attached hydrogens (tertiary/aromatic N) is 1. The van der Waals surface area contributed by atoms with Crippen LogP contribution in [0.15, 0.2) is 12.3 Å². The lowest BCUT2D eigenvalue weighted by molar-refractivity contribution is 0.0697. The lowest BCUT2D eigenvalue weighted by Crippen LogP contribution is -2.32. The first-order chi connectivity index (χ1) is 8.87. The summed E-state index contributed by atoms with van der Waals surface area (Å²) in [4.78, 5) is 15.2. The van der Waals surface area contributed by atoms with Crippen LogP contribution in [0.25, 0.3) is 0 Å². The van der Waals surface area contributed by atoms with Gasteiger partial charge < -0.3 is 10.4 Å². The highest BCUT2D eigenvalue weighted by Crippen LogP contribution is 2.36. The number of aromatic nitrogens is 1. The minimum Gasteiger partial charge on any atom is -0.478 e. The van der Waals surface area contributed by atoms with Gasteiger partial charge in [-0.3, -0.25) is 0 Å². The molecule has 0 aromatic carbocycles. The smallest absolute Gasteiger partial charge is 0.337 e. The number of aromatic carboxylic acids is 1. The number of hydrogen-bond acceptors (Lipinski definition) is 3. The standard InChI is InChI=1S/C14H19ClN2O2/c1-14(2)5-3-4-9(7-14)17-12-6-10(13(18)19)11(15)8-16-12/h6,8-9H,3-5,7H2,1-2H3,(H,16,17)(H,18,19). The number of hydrogen-bond donors (Lipinski definition) is 2. The highest BCUT2D eigenvalue weighted by molar-refractivity contribution is 6.33. The molecule has 1 atom stereocenters. The molecule has 0 saturated heterocycles. The Kier molecular flexibility index (Phi) is 3.99. The van der Waals surface area contributed by atoms with Gasteiger partial charge in [0.2, 0.25) is 0 Å². The van der Waals surface area contributed by atoms with Gasteiger partial charge in [-0.05, 0) is 30.7 Å². The molecule has 1 aromatic rings. The third kappa shape index (κ3) is 3.60. The van der Waals surface area contributed by atoms with Crippen LogP contribution < -0.4 is 5.32 Å². The zero-order valence-electron chi connectivity index (χ0n) is 11.2. The summed E-state index contributed by atoms with van der Waals surface area (Å²) in [5, 5.41) is 12.5. The second kappa shape index (κ2) is 5.37. The summed E-state index contributed by atoms with van der Waals surface area (Å²) in [5.41, 5.74) is 0.423. The van der Waals surface area contributed by atoms with Crippen LogP contribution in [0.3, 0.4) is 0 Å². The van der Waals surface area contributed by atoms with E-state index in [2.05, 4.69) is 24.1 Å². The molecular formula is C14H19ClN2O2. The molecule has 1 fully saturated rings. The quantitative estimate of drug-likeness (QED) is 0.885. The van der Waals surface area contributed by atoms with Gasteiger partial charge in [0, 0.05) is 12.2 Å². The number of carboxylic acid groups (broad SMARTS) is 1. The molecule has 1 aliphatic rings. The highest BCUT2D eigenvalue weighted by atomic mass is 35.5. The fraction of sp³-hybridized carbons (Fsp3) is 0.571. The molecule has 4 nitrogen and oxygen atoms in total. The van der Waals surface area contributed by atoms with Crippen LogP contribution in [0.5, 0.6) is 0 Å². The van der Waals surface area contributed by atoms with Crippen LogP contribution in [0, 0.1) is 5.41 Å². The zero-order chi connectivity index (χ0) is 14.0. The fourth-order valence-electron chi connectivity index (χ4n) is 2.71. The SMILES string of the molecule is CC1(C)CCCC(Nc2cc(C(=O)O)c(Cl)cn2)C1. The number of halogens is 1. The van der Waals surface area contributed by atoms with Crippen molar-refractivity contribution in [2.45, 2.75) is 45.6 Å². The first-order valence-electron chi connectivity index (χ1n) is 6.53. The number of anilines is 1. The molecule has 0 bridgehead atoms. The minimum atomic E-state index is -1.03. The normalized spacial score (nSPS) is 21.9. The van der Waals surface area contributed by atoms with Gasteiger partial charge in [0.05, 0.1) is 10.6 Å². The van der Waals surface area contributed by atoms with Gasteiger partial charge in [0.15, 0.2) is 0 Å². The van der Waals surface area contributed by atoms with Crippen molar-refractivity contribution in [3.63, 3.8) is 0 Å². The van der Waals surface area contributed by atoms with Crippen molar-refractivity contribution >= 4 is 23.4 Å². The highest BCUT2D eigenvalue weighted by Gasteiger charge is 2.28. The zero-order valence-corrected chi connectivity index (χ0v) is 12.0.